The summed E-state index contributed by atoms with van der Waals surface area (Å²) < 4.78 is 61.5. The fourth-order valence-electron chi connectivity index (χ4n) is 5.65. The highest BCUT2D eigenvalue weighted by Crippen LogP contribution is 2.41. The summed E-state index contributed by atoms with van der Waals surface area (Å²) in [4.78, 5) is 33.4. The van der Waals surface area contributed by atoms with Crippen molar-refractivity contribution >= 4 is 50.7 Å². The summed E-state index contributed by atoms with van der Waals surface area (Å²) in [6.07, 6.45) is 2.99. The fraction of sp³-hybridized carbons (Fsp3) is 0.481. The van der Waals surface area contributed by atoms with Crippen LogP contribution >= 0.6 is 22.9 Å². The smallest absolute Gasteiger partial charge is 0.338 e. The number of hydrogen-bond acceptors (Lipinski definition) is 9. The van der Waals surface area contributed by atoms with Crippen molar-refractivity contribution in [2.75, 3.05) is 25.4 Å². The summed E-state index contributed by atoms with van der Waals surface area (Å²) in [5.41, 5.74) is 0.604. The van der Waals surface area contributed by atoms with Crippen molar-refractivity contribution in [1.29, 1.82) is 0 Å². The third-order valence-electron chi connectivity index (χ3n) is 7.85. The summed E-state index contributed by atoms with van der Waals surface area (Å²) in [7, 11) is -3.61. The van der Waals surface area contributed by atoms with Crippen LogP contribution in [0.2, 0.25) is 5.02 Å². The largest absolute Gasteiger partial charge is 0.481 e. The molecule has 2 aromatic rings. The molecule has 5 rings (SSSR count). The van der Waals surface area contributed by atoms with Crippen molar-refractivity contribution in [3.05, 3.63) is 62.2 Å². The van der Waals surface area contributed by atoms with Crippen LogP contribution in [0, 0.1) is 29.4 Å². The zero-order valence-corrected chi connectivity index (χ0v) is 24.9. The lowest BCUT2D eigenvalue weighted by molar-refractivity contribution is -0.146. The van der Waals surface area contributed by atoms with E-state index in [0.29, 0.717) is 42.2 Å². The Morgan fingerprint density at radius 2 is 1.95 bits per heavy atom. The van der Waals surface area contributed by atoms with Crippen LogP contribution in [0.15, 0.2) is 40.0 Å². The Hall–Kier alpha value is -2.94. The molecule has 1 aromatic heterocycles. The minimum atomic E-state index is -3.61. The number of halogens is 3. The van der Waals surface area contributed by atoms with Crippen LogP contribution < -0.4 is 5.32 Å². The highest BCUT2D eigenvalue weighted by Gasteiger charge is 2.41. The number of piperidine rings is 1. The number of sulfonamides is 1. The Kier molecular flexibility index (Phi) is 8.97. The van der Waals surface area contributed by atoms with Gasteiger partial charge >= 0.3 is 11.9 Å². The number of thiazole rings is 1. The van der Waals surface area contributed by atoms with Gasteiger partial charge in [-0.3, -0.25) is 9.79 Å². The lowest BCUT2D eigenvalue weighted by atomic mass is 9.76. The molecule has 1 saturated carbocycles. The standard InChI is InChI=1S/C27H29ClF2N4O6S2/c1-2-40-27(37)19-22(15-5-8-34(9-6-15)42(38,39)13-14-11-16(12-14)26(35)36)32-24(25-31-7-10-41-25)33-23(19)17-3-4-18(29)21(30)20(17)28/h3-4,7,10,14-16,23H,2,5-6,8-9,11-13H2,1H3,(H,32,33)(H,35,36)/t14-,16-,23-/m1/s1. The maximum atomic E-state index is 14.6. The molecule has 2 aliphatic heterocycles. The van der Waals surface area contributed by atoms with E-state index in [2.05, 4.69) is 15.3 Å². The van der Waals surface area contributed by atoms with Crippen molar-refractivity contribution in [3.63, 3.8) is 0 Å². The number of aromatic nitrogens is 1. The molecule has 1 aliphatic carbocycles. The molecule has 42 heavy (non-hydrogen) atoms. The van der Waals surface area contributed by atoms with Crippen molar-refractivity contribution in [1.82, 2.24) is 14.6 Å². The molecule has 0 unspecified atom stereocenters. The van der Waals surface area contributed by atoms with Crippen molar-refractivity contribution in [3.8, 4) is 0 Å². The lowest BCUT2D eigenvalue weighted by Gasteiger charge is -2.38. The number of benzene rings is 1. The van der Waals surface area contributed by atoms with Gasteiger partial charge < -0.3 is 15.2 Å². The highest BCUT2D eigenvalue weighted by molar-refractivity contribution is 7.89. The van der Waals surface area contributed by atoms with Gasteiger partial charge in [0.25, 0.3) is 0 Å². The Labute approximate surface area is 250 Å². The quantitative estimate of drug-likeness (QED) is 0.308. The second-order valence-corrected chi connectivity index (χ2v) is 13.8. The maximum absolute atomic E-state index is 14.6. The molecule has 3 aliphatic rings. The maximum Gasteiger partial charge on any atom is 0.338 e. The minimum absolute atomic E-state index is 0.0531. The summed E-state index contributed by atoms with van der Waals surface area (Å²) in [6.45, 7) is 2.06. The number of esters is 1. The lowest BCUT2D eigenvalue weighted by Crippen LogP contribution is -2.45. The molecule has 226 valence electrons. The van der Waals surface area contributed by atoms with E-state index in [-0.39, 0.29) is 48.4 Å². The molecule has 0 spiro atoms. The molecule has 1 saturated heterocycles. The van der Waals surface area contributed by atoms with Gasteiger partial charge in [-0.2, -0.15) is 0 Å². The van der Waals surface area contributed by atoms with E-state index >= 15 is 0 Å². The monoisotopic (exact) mass is 642 g/mol. The van der Waals surface area contributed by atoms with E-state index in [4.69, 9.17) is 21.4 Å². The molecule has 1 atom stereocenters. The first-order chi connectivity index (χ1) is 20.0. The predicted molar refractivity (Wildman–Crippen MR) is 151 cm³/mol. The third-order valence-corrected chi connectivity index (χ3v) is 11.1. The molecule has 10 nitrogen and oxygen atoms in total. The molecule has 2 fully saturated rings. The van der Waals surface area contributed by atoms with Crippen LogP contribution in [0.5, 0.6) is 0 Å². The van der Waals surface area contributed by atoms with Gasteiger partial charge in [0.15, 0.2) is 22.5 Å². The SMILES string of the molecule is CCOC(=O)C1=C(C2CCN(S(=O)(=O)C[C@H]3C[C@H](C(=O)O)C3)CC2)NC(c2nccs2)=N[C@@H]1c1ccc(F)c(F)c1Cl. The van der Waals surface area contributed by atoms with E-state index in [1.165, 1.54) is 21.7 Å². The topological polar surface area (TPSA) is 138 Å². The number of nitrogens with one attached hydrogen (secondary N) is 1. The number of allylic oxidation sites excluding steroid dienone is 1. The number of carboxylic acid groups (broad SMARTS) is 1. The first kappa shape index (κ1) is 30.5. The van der Waals surface area contributed by atoms with Crippen LogP contribution in [-0.2, 0) is 24.3 Å². The number of ether oxygens (including phenoxy) is 1. The number of carbonyl (C=O) groups excluding carboxylic acids is 1. The Morgan fingerprint density at radius 3 is 2.57 bits per heavy atom. The number of rotatable bonds is 9. The van der Waals surface area contributed by atoms with Crippen molar-refractivity contribution in [2.45, 2.75) is 38.6 Å². The average Bonchev–Trinajstić information content (AvgIpc) is 3.48. The fourth-order valence-corrected chi connectivity index (χ4v) is 8.34. The number of hydrogen-bond donors (Lipinski definition) is 2. The zero-order valence-electron chi connectivity index (χ0n) is 22.6. The highest BCUT2D eigenvalue weighted by atomic mass is 35.5. The van der Waals surface area contributed by atoms with Crippen LogP contribution in [-0.4, -0.2) is 66.0 Å². The second kappa shape index (κ2) is 12.3. The Morgan fingerprint density at radius 1 is 1.24 bits per heavy atom. The number of carboxylic acids is 1. The molecule has 0 amide bonds. The Bertz CT molecular complexity index is 1540. The number of aliphatic carboxylic acids is 1. The van der Waals surface area contributed by atoms with Crippen molar-refractivity contribution in [2.24, 2.45) is 22.7 Å². The molecule has 15 heteroatoms. The van der Waals surface area contributed by atoms with E-state index < -0.39 is 50.6 Å². The van der Waals surface area contributed by atoms with Crippen LogP contribution in [0.25, 0.3) is 0 Å². The summed E-state index contributed by atoms with van der Waals surface area (Å²) in [6, 6.07) is 1.06. The van der Waals surface area contributed by atoms with Gasteiger partial charge in [0.2, 0.25) is 10.0 Å². The first-order valence-corrected chi connectivity index (χ1v) is 16.4. The number of aliphatic imine (C=N–C) groups is 1. The Balaban J connectivity index is 1.45. The van der Waals surface area contributed by atoms with Gasteiger partial charge in [-0.05, 0) is 44.6 Å². The number of carbonyl (C=O) groups is 2. The van der Waals surface area contributed by atoms with E-state index in [1.54, 1.807) is 18.5 Å². The first-order valence-electron chi connectivity index (χ1n) is 13.5. The summed E-state index contributed by atoms with van der Waals surface area (Å²) >= 11 is 7.53. The second-order valence-electron chi connectivity index (χ2n) is 10.5. The van der Waals surface area contributed by atoms with E-state index in [9.17, 15) is 26.8 Å². The predicted octanol–water partition coefficient (Wildman–Crippen LogP) is 4.14. The van der Waals surface area contributed by atoms with Gasteiger partial charge in [0.05, 0.1) is 28.9 Å². The van der Waals surface area contributed by atoms with Crippen LogP contribution in [0.3, 0.4) is 0 Å². The normalized spacial score (nSPS) is 23.6. The van der Waals surface area contributed by atoms with Crippen molar-refractivity contribution < 1.29 is 36.6 Å². The summed E-state index contributed by atoms with van der Waals surface area (Å²) in [5.74, 6) is -4.81. The third kappa shape index (κ3) is 6.08. The number of amidine groups is 1. The van der Waals surface area contributed by atoms with E-state index in [1.807, 2.05) is 0 Å². The van der Waals surface area contributed by atoms with Crippen LogP contribution in [0.4, 0.5) is 8.78 Å². The van der Waals surface area contributed by atoms with Gasteiger partial charge in [0.1, 0.15) is 6.04 Å². The molecule has 1 aromatic carbocycles. The average molecular weight is 643 g/mol. The van der Waals surface area contributed by atoms with E-state index in [0.717, 1.165) is 6.07 Å². The minimum Gasteiger partial charge on any atom is -0.481 e. The zero-order chi connectivity index (χ0) is 30.2. The molecular formula is C27H29ClF2N4O6S2. The summed E-state index contributed by atoms with van der Waals surface area (Å²) in [5, 5.41) is 14.1. The van der Waals surface area contributed by atoms with Gasteiger partial charge in [-0.25, -0.2) is 31.3 Å². The molecule has 0 bridgehead atoms. The van der Waals surface area contributed by atoms with Crippen LogP contribution in [0.1, 0.15) is 49.2 Å². The van der Waals surface area contributed by atoms with Gasteiger partial charge in [-0.1, -0.05) is 17.7 Å². The molecule has 0 radical (unpaired) electrons. The number of nitrogens with zero attached hydrogens (tertiary/aromatic N) is 3. The van der Waals surface area contributed by atoms with Gasteiger partial charge in [0, 0.05) is 41.8 Å². The van der Waals surface area contributed by atoms with Gasteiger partial charge in [-0.15, -0.1) is 11.3 Å². The molecule has 2 N–H and O–H groups in total. The molecular weight excluding hydrogens is 614 g/mol. The molecule has 3 heterocycles.